The smallest absolute Gasteiger partial charge is 0.338 e. The number of nitrogens with zero attached hydrogens (tertiary/aromatic N) is 1. The van der Waals surface area contributed by atoms with Gasteiger partial charge in [-0.3, -0.25) is 19.2 Å². The van der Waals surface area contributed by atoms with Crippen LogP contribution in [-0.2, 0) is 9.53 Å². The topological polar surface area (TPSA) is 107 Å². The fourth-order valence-corrected chi connectivity index (χ4v) is 3.71. The molecule has 8 nitrogen and oxygen atoms in total. The summed E-state index contributed by atoms with van der Waals surface area (Å²) in [6.07, 6.45) is 0. The molecule has 0 bridgehead atoms. The van der Waals surface area contributed by atoms with E-state index in [1.165, 1.54) is 67.6 Å². The zero-order valence-corrected chi connectivity index (χ0v) is 19.6. The third kappa shape index (κ3) is 4.94. The van der Waals surface area contributed by atoms with Crippen molar-refractivity contribution in [2.45, 2.75) is 6.92 Å². The van der Waals surface area contributed by atoms with Gasteiger partial charge < -0.3 is 9.47 Å². The summed E-state index contributed by atoms with van der Waals surface area (Å²) in [7, 11) is 0. The third-order valence-corrected chi connectivity index (χ3v) is 5.78. The minimum Gasteiger partial charge on any atom is -0.454 e. The molecular weight excluding hydrogens is 497 g/mol. The van der Waals surface area contributed by atoms with Gasteiger partial charge in [0.1, 0.15) is 5.75 Å². The van der Waals surface area contributed by atoms with Crippen LogP contribution in [0.25, 0.3) is 0 Å². The highest BCUT2D eigenvalue weighted by Crippen LogP contribution is 2.34. The van der Waals surface area contributed by atoms with Crippen LogP contribution in [0.3, 0.4) is 0 Å². The summed E-state index contributed by atoms with van der Waals surface area (Å²) < 4.78 is 9.97. The van der Waals surface area contributed by atoms with Gasteiger partial charge in [0.2, 0.25) is 0 Å². The van der Waals surface area contributed by atoms with Gasteiger partial charge in [0.25, 0.3) is 11.8 Å². The Labute approximate surface area is 208 Å². The number of Topliss-reactive ketones (excluding diaryl/α,β-unsaturated/α-hetero) is 1. The van der Waals surface area contributed by atoms with Crippen LogP contribution in [0.4, 0.5) is 5.69 Å². The van der Waals surface area contributed by atoms with Crippen molar-refractivity contribution in [3.05, 3.63) is 93.0 Å². The van der Waals surface area contributed by atoms with E-state index in [9.17, 15) is 24.0 Å². The van der Waals surface area contributed by atoms with E-state index in [4.69, 9.17) is 32.7 Å². The van der Waals surface area contributed by atoms with Gasteiger partial charge in [-0.1, -0.05) is 23.2 Å². The first-order valence-electron chi connectivity index (χ1n) is 10.1. The molecule has 0 atom stereocenters. The lowest BCUT2D eigenvalue weighted by Crippen LogP contribution is -2.29. The molecule has 0 fully saturated rings. The van der Waals surface area contributed by atoms with Crippen molar-refractivity contribution in [1.29, 1.82) is 0 Å². The molecule has 2 amide bonds. The van der Waals surface area contributed by atoms with Crippen molar-refractivity contribution in [1.82, 2.24) is 0 Å². The molecule has 35 heavy (non-hydrogen) atoms. The van der Waals surface area contributed by atoms with Gasteiger partial charge in [-0.25, -0.2) is 9.69 Å². The van der Waals surface area contributed by atoms with Crippen molar-refractivity contribution in [2.75, 3.05) is 11.5 Å². The van der Waals surface area contributed by atoms with Gasteiger partial charge in [-0.05, 0) is 60.7 Å². The van der Waals surface area contributed by atoms with Crippen LogP contribution in [0.1, 0.15) is 48.4 Å². The lowest BCUT2D eigenvalue weighted by molar-refractivity contribution is -0.131. The number of fused-ring (bicyclic) bond motifs is 1. The predicted octanol–water partition coefficient (Wildman–Crippen LogP) is 4.76. The number of amides is 2. The van der Waals surface area contributed by atoms with Crippen LogP contribution in [0.2, 0.25) is 10.0 Å². The van der Waals surface area contributed by atoms with E-state index in [0.717, 1.165) is 4.90 Å². The monoisotopic (exact) mass is 511 g/mol. The molecule has 0 aliphatic carbocycles. The maximum atomic E-state index is 12.7. The molecule has 0 spiro atoms. The zero-order chi connectivity index (χ0) is 25.3. The van der Waals surface area contributed by atoms with Crippen LogP contribution >= 0.6 is 23.2 Å². The lowest BCUT2D eigenvalue weighted by atomic mass is 10.1. The van der Waals surface area contributed by atoms with Gasteiger partial charge in [0.05, 0.1) is 32.4 Å². The normalized spacial score (nSPS) is 12.4. The Kier molecular flexibility index (Phi) is 6.68. The van der Waals surface area contributed by atoms with E-state index in [1.807, 2.05) is 0 Å². The molecule has 3 aromatic rings. The molecular formula is C25H15Cl2NO7. The number of imide groups is 1. The SMILES string of the molecule is CC(=O)Oc1ccc(C(=O)COC(=O)c2ccc(N3C(=O)c4cc(Cl)c(Cl)cc4C3=O)cc2)cc1. The number of esters is 2. The standard InChI is InChI=1S/C25H15Cl2NO7/c1-13(29)35-17-8-4-14(5-9-17)22(30)12-34-25(33)15-2-6-16(7-3-15)28-23(31)18-10-20(26)21(27)11-19(18)24(28)32/h2-11H,12H2,1H3. The number of halogens is 2. The highest BCUT2D eigenvalue weighted by molar-refractivity contribution is 6.44. The number of ether oxygens (including phenoxy) is 2. The fraction of sp³-hybridized carbons (Fsp3) is 0.0800. The van der Waals surface area contributed by atoms with Crippen LogP contribution < -0.4 is 9.64 Å². The summed E-state index contributed by atoms with van der Waals surface area (Å²) in [5, 5.41) is 0.308. The number of ketones is 1. The van der Waals surface area contributed by atoms with Crippen LogP contribution in [0, 0.1) is 0 Å². The number of hydrogen-bond donors (Lipinski definition) is 0. The van der Waals surface area contributed by atoms with Gasteiger partial charge in [-0.2, -0.15) is 0 Å². The maximum Gasteiger partial charge on any atom is 0.338 e. The van der Waals surface area contributed by atoms with Crippen LogP contribution in [0.5, 0.6) is 5.75 Å². The molecule has 1 heterocycles. The second-order valence-corrected chi connectivity index (χ2v) is 8.24. The maximum absolute atomic E-state index is 12.7. The highest BCUT2D eigenvalue weighted by atomic mass is 35.5. The van der Waals surface area contributed by atoms with Gasteiger partial charge >= 0.3 is 11.9 Å². The Balaban J connectivity index is 1.40. The molecule has 1 aliphatic rings. The van der Waals surface area contributed by atoms with E-state index in [0.29, 0.717) is 0 Å². The Bertz CT molecular complexity index is 1340. The first kappa shape index (κ1) is 24.1. The van der Waals surface area contributed by atoms with Crippen molar-refractivity contribution in [3.63, 3.8) is 0 Å². The number of benzene rings is 3. The first-order chi connectivity index (χ1) is 16.7. The molecule has 1 aliphatic heterocycles. The largest absolute Gasteiger partial charge is 0.454 e. The van der Waals surface area contributed by atoms with E-state index in [2.05, 4.69) is 0 Å². The predicted molar refractivity (Wildman–Crippen MR) is 126 cm³/mol. The summed E-state index contributed by atoms with van der Waals surface area (Å²) in [4.78, 5) is 62.0. The first-order valence-corrected chi connectivity index (χ1v) is 10.9. The average Bonchev–Trinajstić information content (AvgIpc) is 3.07. The van der Waals surface area contributed by atoms with E-state index in [-0.39, 0.29) is 43.7 Å². The van der Waals surface area contributed by atoms with Crippen molar-refractivity contribution < 1.29 is 33.4 Å². The van der Waals surface area contributed by atoms with Crippen LogP contribution in [0.15, 0.2) is 60.7 Å². The molecule has 0 unspecified atom stereocenters. The number of carbonyl (C=O) groups is 5. The minimum atomic E-state index is -0.762. The molecule has 4 rings (SSSR count). The van der Waals surface area contributed by atoms with Crippen molar-refractivity contribution in [3.8, 4) is 5.75 Å². The number of hydrogen-bond acceptors (Lipinski definition) is 7. The van der Waals surface area contributed by atoms with Crippen LogP contribution in [-0.4, -0.2) is 36.1 Å². The number of carbonyl (C=O) groups excluding carboxylic acids is 5. The molecule has 0 aromatic heterocycles. The zero-order valence-electron chi connectivity index (χ0n) is 18.0. The minimum absolute atomic E-state index is 0.120. The molecule has 10 heteroatoms. The average molecular weight is 512 g/mol. The summed E-state index contributed by atoms with van der Waals surface area (Å²) in [5.41, 5.74) is 0.896. The summed E-state index contributed by atoms with van der Waals surface area (Å²) in [6, 6.07) is 14.1. The molecule has 0 saturated carbocycles. The summed E-state index contributed by atoms with van der Waals surface area (Å²) >= 11 is 11.9. The molecule has 0 saturated heterocycles. The lowest BCUT2D eigenvalue weighted by Gasteiger charge is -2.14. The Morgan fingerprint density at radius 1 is 0.800 bits per heavy atom. The quantitative estimate of drug-likeness (QED) is 0.203. The Morgan fingerprint density at radius 3 is 1.83 bits per heavy atom. The molecule has 3 aromatic carbocycles. The Morgan fingerprint density at radius 2 is 1.31 bits per heavy atom. The molecule has 0 N–H and O–H groups in total. The van der Waals surface area contributed by atoms with Gasteiger partial charge in [0.15, 0.2) is 12.4 Å². The Hall–Kier alpha value is -4.01. The van der Waals surface area contributed by atoms with Crippen molar-refractivity contribution in [2.24, 2.45) is 0 Å². The second kappa shape index (κ2) is 9.69. The molecule has 176 valence electrons. The van der Waals surface area contributed by atoms with E-state index in [1.54, 1.807) is 0 Å². The van der Waals surface area contributed by atoms with Crippen molar-refractivity contribution >= 4 is 58.4 Å². The number of anilines is 1. The highest BCUT2D eigenvalue weighted by Gasteiger charge is 2.37. The molecule has 0 radical (unpaired) electrons. The van der Waals surface area contributed by atoms with Gasteiger partial charge in [-0.15, -0.1) is 0 Å². The number of rotatable bonds is 6. The third-order valence-electron chi connectivity index (χ3n) is 5.06. The van der Waals surface area contributed by atoms with E-state index < -0.39 is 36.1 Å². The van der Waals surface area contributed by atoms with Gasteiger partial charge in [0, 0.05) is 12.5 Å². The fourth-order valence-electron chi connectivity index (χ4n) is 3.39. The summed E-state index contributed by atoms with van der Waals surface area (Å²) in [6.45, 7) is 0.754. The van der Waals surface area contributed by atoms with E-state index >= 15 is 0 Å². The summed E-state index contributed by atoms with van der Waals surface area (Å²) in [5.74, 6) is -2.54. The second-order valence-electron chi connectivity index (χ2n) is 7.42.